The summed E-state index contributed by atoms with van der Waals surface area (Å²) in [7, 11) is 0. The Morgan fingerprint density at radius 2 is 1.77 bits per heavy atom. The standard InChI is InChI=1S/C32H45N3O5/c1-7-19-33(23-15-11-10-12-16-23)27(37)24-25-28(38)34(21-13-14-22-36)26(29(39)35(20-8-2)30(4,5)6)32(25)18-17-31(24,9-3)40-32/h7-8,10-12,15-16,24-26,36H,1-2,9,13-14,17-22H2,3-6H3/t24-,25+,26?,31+,32?/m1/s1. The second-order valence-electron chi connectivity index (χ2n) is 12.3. The second kappa shape index (κ2) is 11.5. The van der Waals surface area contributed by atoms with Crippen molar-refractivity contribution >= 4 is 23.4 Å². The molecule has 0 radical (unpaired) electrons. The molecule has 1 aromatic rings. The van der Waals surface area contributed by atoms with Crippen LogP contribution in [0.2, 0.25) is 0 Å². The molecule has 5 atom stereocenters. The molecule has 0 aliphatic carbocycles. The SMILES string of the molecule is C=CCN(C(=O)[C@H]1[C@H]2C(=O)N(CCCCO)C(C(=O)N(CC=C)C(C)(C)C)C23CC[C@]1(CC)O3)c1ccccc1. The van der Waals surface area contributed by atoms with Gasteiger partial charge in [-0.05, 0) is 65.0 Å². The van der Waals surface area contributed by atoms with Gasteiger partial charge in [-0.15, -0.1) is 13.2 Å². The smallest absolute Gasteiger partial charge is 0.249 e. The predicted molar refractivity (Wildman–Crippen MR) is 156 cm³/mol. The van der Waals surface area contributed by atoms with Crippen molar-refractivity contribution in [2.24, 2.45) is 11.8 Å². The summed E-state index contributed by atoms with van der Waals surface area (Å²) in [5.74, 6) is -2.05. The van der Waals surface area contributed by atoms with Crippen LogP contribution in [0.5, 0.6) is 0 Å². The third-order valence-electron chi connectivity index (χ3n) is 9.02. The Bertz CT molecular complexity index is 1130. The lowest BCUT2D eigenvalue weighted by molar-refractivity contribution is -0.155. The number of rotatable bonds is 12. The summed E-state index contributed by atoms with van der Waals surface area (Å²) < 4.78 is 6.94. The number of nitrogens with zero attached hydrogens (tertiary/aromatic N) is 3. The first-order chi connectivity index (χ1) is 19.0. The molecule has 3 fully saturated rings. The number of unbranched alkanes of at least 4 members (excludes halogenated alkanes) is 1. The first kappa shape index (κ1) is 30.0. The van der Waals surface area contributed by atoms with Gasteiger partial charge in [-0.25, -0.2) is 0 Å². The average Bonchev–Trinajstić information content (AvgIpc) is 3.53. The Labute approximate surface area is 238 Å². The highest BCUT2D eigenvalue weighted by Crippen LogP contribution is 2.64. The van der Waals surface area contributed by atoms with Gasteiger partial charge in [0.05, 0.1) is 17.4 Å². The van der Waals surface area contributed by atoms with Crippen molar-refractivity contribution < 1.29 is 24.2 Å². The molecular weight excluding hydrogens is 506 g/mol. The van der Waals surface area contributed by atoms with Crippen LogP contribution >= 0.6 is 0 Å². The van der Waals surface area contributed by atoms with E-state index in [2.05, 4.69) is 13.2 Å². The Kier molecular flexibility index (Phi) is 8.62. The topological polar surface area (TPSA) is 90.4 Å². The Hall–Kier alpha value is -2.97. The molecule has 4 rings (SSSR count). The van der Waals surface area contributed by atoms with E-state index >= 15 is 0 Å². The first-order valence-electron chi connectivity index (χ1n) is 14.5. The Balaban J connectivity index is 1.82. The number of carbonyl (C=O) groups excluding carboxylic acids is 3. The van der Waals surface area contributed by atoms with E-state index in [1.807, 2.05) is 58.0 Å². The number of para-hydroxylation sites is 1. The number of fused-ring (bicyclic) bond motifs is 1. The number of carbonyl (C=O) groups is 3. The zero-order valence-corrected chi connectivity index (χ0v) is 24.5. The van der Waals surface area contributed by atoms with Crippen LogP contribution in [0, 0.1) is 11.8 Å². The van der Waals surface area contributed by atoms with Gasteiger partial charge in [-0.3, -0.25) is 14.4 Å². The third-order valence-corrected chi connectivity index (χ3v) is 9.02. The number of hydrogen-bond acceptors (Lipinski definition) is 5. The average molecular weight is 552 g/mol. The molecule has 1 N–H and O–H groups in total. The van der Waals surface area contributed by atoms with Crippen LogP contribution < -0.4 is 4.90 Å². The molecule has 1 aromatic carbocycles. The molecule has 8 heteroatoms. The number of benzene rings is 1. The molecule has 8 nitrogen and oxygen atoms in total. The van der Waals surface area contributed by atoms with E-state index in [1.54, 1.807) is 26.9 Å². The van der Waals surface area contributed by atoms with Crippen molar-refractivity contribution in [3.05, 3.63) is 55.6 Å². The van der Waals surface area contributed by atoms with E-state index in [9.17, 15) is 19.5 Å². The molecule has 0 aromatic heterocycles. The van der Waals surface area contributed by atoms with E-state index in [-0.39, 0.29) is 24.3 Å². The zero-order valence-electron chi connectivity index (χ0n) is 24.5. The van der Waals surface area contributed by atoms with Gasteiger partial charge in [0, 0.05) is 37.5 Å². The van der Waals surface area contributed by atoms with Crippen molar-refractivity contribution in [1.29, 1.82) is 0 Å². The van der Waals surface area contributed by atoms with Crippen molar-refractivity contribution in [3.63, 3.8) is 0 Å². The lowest BCUT2D eigenvalue weighted by atomic mass is 9.64. The predicted octanol–water partition coefficient (Wildman–Crippen LogP) is 3.95. The van der Waals surface area contributed by atoms with Crippen LogP contribution in [0.15, 0.2) is 55.6 Å². The minimum atomic E-state index is -1.09. The van der Waals surface area contributed by atoms with Gasteiger partial charge in [0.25, 0.3) is 0 Å². The number of amides is 3. The van der Waals surface area contributed by atoms with E-state index in [0.29, 0.717) is 51.7 Å². The van der Waals surface area contributed by atoms with Gasteiger partial charge in [0.1, 0.15) is 11.6 Å². The lowest BCUT2D eigenvalue weighted by Gasteiger charge is -2.42. The third kappa shape index (κ3) is 4.79. The minimum Gasteiger partial charge on any atom is -0.396 e. The van der Waals surface area contributed by atoms with Crippen LogP contribution in [0.1, 0.15) is 59.8 Å². The summed E-state index contributed by atoms with van der Waals surface area (Å²) >= 11 is 0. The monoisotopic (exact) mass is 551 g/mol. The van der Waals surface area contributed by atoms with Gasteiger partial charge in [0.15, 0.2) is 0 Å². The molecule has 3 saturated heterocycles. The highest BCUT2D eigenvalue weighted by Gasteiger charge is 2.79. The van der Waals surface area contributed by atoms with Crippen LogP contribution in [-0.4, -0.2) is 81.7 Å². The van der Waals surface area contributed by atoms with E-state index in [0.717, 1.165) is 5.69 Å². The quantitative estimate of drug-likeness (QED) is 0.314. The molecule has 2 bridgehead atoms. The molecule has 40 heavy (non-hydrogen) atoms. The van der Waals surface area contributed by atoms with Crippen LogP contribution in [0.3, 0.4) is 0 Å². The summed E-state index contributed by atoms with van der Waals surface area (Å²) in [6, 6.07) is 8.57. The minimum absolute atomic E-state index is 0.00391. The largest absolute Gasteiger partial charge is 0.396 e. The van der Waals surface area contributed by atoms with Crippen LogP contribution in [0.25, 0.3) is 0 Å². The summed E-state index contributed by atoms with van der Waals surface area (Å²) in [6.45, 7) is 16.6. The molecule has 3 aliphatic heterocycles. The van der Waals surface area contributed by atoms with Gasteiger partial charge in [0.2, 0.25) is 17.7 Å². The zero-order chi connectivity index (χ0) is 29.3. The van der Waals surface area contributed by atoms with Crippen LogP contribution in [0.4, 0.5) is 5.69 Å². The first-order valence-corrected chi connectivity index (χ1v) is 14.5. The number of hydrogen-bond donors (Lipinski definition) is 1. The number of anilines is 1. The number of aliphatic hydroxyl groups is 1. The summed E-state index contributed by atoms with van der Waals surface area (Å²) in [6.07, 6.45) is 6.15. The molecule has 3 heterocycles. The van der Waals surface area contributed by atoms with E-state index < -0.39 is 34.6 Å². The highest BCUT2D eigenvalue weighted by molar-refractivity contribution is 6.03. The molecule has 0 saturated carbocycles. The Morgan fingerprint density at radius 1 is 1.10 bits per heavy atom. The van der Waals surface area contributed by atoms with Gasteiger partial charge in [-0.1, -0.05) is 37.3 Å². The second-order valence-corrected chi connectivity index (χ2v) is 12.3. The maximum atomic E-state index is 14.5. The number of likely N-dealkylation sites (tertiary alicyclic amines) is 1. The number of ether oxygens (including phenoxy) is 1. The molecule has 3 amide bonds. The van der Waals surface area contributed by atoms with Crippen molar-refractivity contribution in [1.82, 2.24) is 9.80 Å². The van der Waals surface area contributed by atoms with Gasteiger partial charge in [-0.2, -0.15) is 0 Å². The molecule has 2 unspecified atom stereocenters. The molecule has 3 aliphatic rings. The van der Waals surface area contributed by atoms with Crippen molar-refractivity contribution in [2.45, 2.75) is 82.6 Å². The van der Waals surface area contributed by atoms with Crippen LogP contribution in [-0.2, 0) is 19.1 Å². The maximum absolute atomic E-state index is 14.5. The van der Waals surface area contributed by atoms with E-state index in [1.165, 1.54) is 0 Å². The normalized spacial score (nSPS) is 28.9. The fourth-order valence-corrected chi connectivity index (χ4v) is 7.21. The highest BCUT2D eigenvalue weighted by atomic mass is 16.5. The Morgan fingerprint density at radius 3 is 2.35 bits per heavy atom. The molecule has 218 valence electrons. The molecular formula is C32H45N3O5. The number of aliphatic hydroxyl groups excluding tert-OH is 1. The van der Waals surface area contributed by atoms with Crippen molar-refractivity contribution in [2.75, 3.05) is 31.1 Å². The molecule has 1 spiro atoms. The fraction of sp³-hybridized carbons (Fsp3) is 0.594. The summed E-state index contributed by atoms with van der Waals surface area (Å²) in [4.78, 5) is 48.5. The van der Waals surface area contributed by atoms with E-state index in [4.69, 9.17) is 4.74 Å². The summed E-state index contributed by atoms with van der Waals surface area (Å²) in [5.41, 5.74) is -1.70. The summed E-state index contributed by atoms with van der Waals surface area (Å²) in [5, 5.41) is 9.44. The van der Waals surface area contributed by atoms with Gasteiger partial charge < -0.3 is 24.5 Å². The van der Waals surface area contributed by atoms with Gasteiger partial charge >= 0.3 is 0 Å². The fourth-order valence-electron chi connectivity index (χ4n) is 7.21. The lowest BCUT2D eigenvalue weighted by Crippen LogP contribution is -2.60. The maximum Gasteiger partial charge on any atom is 0.249 e. The van der Waals surface area contributed by atoms with Crippen molar-refractivity contribution in [3.8, 4) is 0 Å².